The molecule has 0 radical (unpaired) electrons. The van der Waals surface area contributed by atoms with Crippen molar-refractivity contribution in [2.24, 2.45) is 0 Å². The Morgan fingerprint density at radius 2 is 2.00 bits per heavy atom. The highest BCUT2D eigenvalue weighted by atomic mass is 19.2. The van der Waals surface area contributed by atoms with Gasteiger partial charge in [-0.3, -0.25) is 4.98 Å². The first-order chi connectivity index (χ1) is 9.66. The fraction of sp³-hybridized carbons (Fsp3) is 0.143. The van der Waals surface area contributed by atoms with E-state index in [-0.39, 0.29) is 11.5 Å². The fourth-order valence-electron chi connectivity index (χ4n) is 2.17. The largest absolute Gasteiger partial charge is 0.369 e. The van der Waals surface area contributed by atoms with Gasteiger partial charge in [-0.2, -0.15) is 0 Å². The molecule has 0 saturated carbocycles. The Balaban J connectivity index is 1.99. The van der Waals surface area contributed by atoms with E-state index in [9.17, 15) is 8.78 Å². The van der Waals surface area contributed by atoms with Gasteiger partial charge in [0, 0.05) is 24.9 Å². The maximum Gasteiger partial charge on any atom is 0.201 e. The molecule has 3 aromatic rings. The Kier molecular flexibility index (Phi) is 3.06. The molecule has 2 heterocycles. The maximum absolute atomic E-state index is 13.9. The van der Waals surface area contributed by atoms with Crippen LogP contribution < -0.4 is 5.73 Å². The molecule has 0 bridgehead atoms. The van der Waals surface area contributed by atoms with Crippen LogP contribution >= 0.6 is 0 Å². The Hall–Kier alpha value is -2.50. The van der Waals surface area contributed by atoms with E-state index in [1.807, 2.05) is 18.2 Å². The van der Waals surface area contributed by atoms with Crippen molar-refractivity contribution < 1.29 is 8.78 Å². The molecule has 0 aliphatic carbocycles. The predicted octanol–water partition coefficient (Wildman–Crippen LogP) is 2.53. The number of aromatic nitrogens is 3. The van der Waals surface area contributed by atoms with E-state index in [1.54, 1.807) is 6.20 Å². The number of hydrogen-bond acceptors (Lipinski definition) is 3. The Morgan fingerprint density at radius 3 is 2.75 bits per heavy atom. The van der Waals surface area contributed by atoms with E-state index in [0.29, 0.717) is 18.5 Å². The quantitative estimate of drug-likeness (QED) is 0.798. The van der Waals surface area contributed by atoms with Crippen LogP contribution in [0.2, 0.25) is 0 Å². The van der Waals surface area contributed by atoms with Crippen LogP contribution in [0, 0.1) is 11.6 Å². The van der Waals surface area contributed by atoms with E-state index < -0.39 is 11.6 Å². The van der Waals surface area contributed by atoms with Crippen molar-refractivity contribution in [3.05, 3.63) is 53.9 Å². The standard InChI is InChI=1S/C14H12F2N4/c15-10-4-5-11-13(12(10)16)20(14(17)19-11)8-6-9-3-1-2-7-18-9/h1-5,7H,6,8H2,(H2,17,19). The molecular formula is C14H12F2N4. The molecule has 0 aliphatic rings. The predicted molar refractivity (Wildman–Crippen MR) is 72.0 cm³/mol. The summed E-state index contributed by atoms with van der Waals surface area (Å²) >= 11 is 0. The van der Waals surface area contributed by atoms with Crippen LogP contribution in [0.15, 0.2) is 36.5 Å². The van der Waals surface area contributed by atoms with Gasteiger partial charge < -0.3 is 10.3 Å². The third-order valence-electron chi connectivity index (χ3n) is 3.15. The third kappa shape index (κ3) is 2.09. The second-order valence-corrected chi connectivity index (χ2v) is 4.42. The molecule has 4 nitrogen and oxygen atoms in total. The van der Waals surface area contributed by atoms with Gasteiger partial charge >= 0.3 is 0 Å². The Bertz CT molecular complexity index is 753. The second-order valence-electron chi connectivity index (χ2n) is 4.42. The summed E-state index contributed by atoms with van der Waals surface area (Å²) in [6, 6.07) is 8.03. The van der Waals surface area contributed by atoms with Crippen molar-refractivity contribution in [1.82, 2.24) is 14.5 Å². The molecule has 0 saturated heterocycles. The summed E-state index contributed by atoms with van der Waals surface area (Å²) in [6.07, 6.45) is 2.25. The first-order valence-corrected chi connectivity index (χ1v) is 6.16. The van der Waals surface area contributed by atoms with Crippen LogP contribution in [0.3, 0.4) is 0 Å². The number of rotatable bonds is 3. The molecule has 0 amide bonds. The van der Waals surface area contributed by atoms with Crippen molar-refractivity contribution in [2.45, 2.75) is 13.0 Å². The summed E-state index contributed by atoms with van der Waals surface area (Å²) in [4.78, 5) is 8.23. The molecule has 102 valence electrons. The number of nitrogens with zero attached hydrogens (tertiary/aromatic N) is 3. The SMILES string of the molecule is Nc1nc2ccc(F)c(F)c2n1CCc1ccccn1. The molecule has 20 heavy (non-hydrogen) atoms. The molecule has 0 aliphatic heterocycles. The zero-order valence-corrected chi connectivity index (χ0v) is 10.6. The normalized spacial score (nSPS) is 11.1. The summed E-state index contributed by atoms with van der Waals surface area (Å²) in [7, 11) is 0. The van der Waals surface area contributed by atoms with Crippen molar-refractivity contribution in [1.29, 1.82) is 0 Å². The van der Waals surface area contributed by atoms with E-state index in [0.717, 1.165) is 11.8 Å². The minimum Gasteiger partial charge on any atom is -0.369 e. The number of imidazole rings is 1. The lowest BCUT2D eigenvalue weighted by Gasteiger charge is -2.07. The number of pyridine rings is 1. The lowest BCUT2D eigenvalue weighted by atomic mass is 10.2. The van der Waals surface area contributed by atoms with Crippen LogP contribution in [0.4, 0.5) is 14.7 Å². The van der Waals surface area contributed by atoms with Gasteiger partial charge in [0.15, 0.2) is 11.6 Å². The summed E-state index contributed by atoms with van der Waals surface area (Å²) in [5.41, 5.74) is 7.08. The molecule has 0 unspecified atom stereocenters. The molecule has 2 N–H and O–H groups in total. The molecule has 1 aromatic carbocycles. The zero-order valence-electron chi connectivity index (χ0n) is 10.6. The highest BCUT2D eigenvalue weighted by molar-refractivity contribution is 5.79. The fourth-order valence-corrected chi connectivity index (χ4v) is 2.17. The van der Waals surface area contributed by atoms with E-state index in [4.69, 9.17) is 5.73 Å². The van der Waals surface area contributed by atoms with Gasteiger partial charge in [0.25, 0.3) is 0 Å². The third-order valence-corrected chi connectivity index (χ3v) is 3.15. The van der Waals surface area contributed by atoms with Gasteiger partial charge in [-0.1, -0.05) is 6.07 Å². The average Bonchev–Trinajstić information content (AvgIpc) is 2.78. The highest BCUT2D eigenvalue weighted by Gasteiger charge is 2.15. The number of nitrogens with two attached hydrogens (primary N) is 1. The summed E-state index contributed by atoms with van der Waals surface area (Å²) < 4.78 is 28.7. The number of aryl methyl sites for hydroxylation is 2. The van der Waals surface area contributed by atoms with Gasteiger partial charge in [0.1, 0.15) is 5.52 Å². The average molecular weight is 274 g/mol. The lowest BCUT2D eigenvalue weighted by molar-refractivity contribution is 0.511. The van der Waals surface area contributed by atoms with Crippen LogP contribution in [0.5, 0.6) is 0 Å². The molecule has 6 heteroatoms. The van der Waals surface area contributed by atoms with E-state index in [2.05, 4.69) is 9.97 Å². The first kappa shape index (κ1) is 12.5. The highest BCUT2D eigenvalue weighted by Crippen LogP contribution is 2.23. The van der Waals surface area contributed by atoms with Gasteiger partial charge in [0.2, 0.25) is 5.95 Å². The molecule has 0 fully saturated rings. The minimum atomic E-state index is -0.923. The molecular weight excluding hydrogens is 262 g/mol. The minimum absolute atomic E-state index is 0.0958. The van der Waals surface area contributed by atoms with Crippen LogP contribution in [-0.2, 0) is 13.0 Å². The molecule has 0 atom stereocenters. The number of benzene rings is 1. The van der Waals surface area contributed by atoms with Crippen molar-refractivity contribution in [3.63, 3.8) is 0 Å². The zero-order chi connectivity index (χ0) is 14.1. The number of anilines is 1. The van der Waals surface area contributed by atoms with Crippen LogP contribution in [0.25, 0.3) is 11.0 Å². The molecule has 3 rings (SSSR count). The number of hydrogen-bond donors (Lipinski definition) is 1. The second kappa shape index (κ2) is 4.88. The Labute approximate surface area is 113 Å². The lowest BCUT2D eigenvalue weighted by Crippen LogP contribution is -2.07. The number of fused-ring (bicyclic) bond motifs is 1. The van der Waals surface area contributed by atoms with Crippen LogP contribution in [-0.4, -0.2) is 14.5 Å². The van der Waals surface area contributed by atoms with E-state index >= 15 is 0 Å². The summed E-state index contributed by atoms with van der Waals surface area (Å²) in [6.45, 7) is 0.389. The van der Waals surface area contributed by atoms with Gasteiger partial charge in [-0.15, -0.1) is 0 Å². The van der Waals surface area contributed by atoms with Gasteiger partial charge in [-0.05, 0) is 24.3 Å². The number of nitrogen functional groups attached to an aromatic ring is 1. The topological polar surface area (TPSA) is 56.7 Å². The summed E-state index contributed by atoms with van der Waals surface area (Å²) in [5, 5.41) is 0. The monoisotopic (exact) mass is 274 g/mol. The van der Waals surface area contributed by atoms with Gasteiger partial charge in [-0.25, -0.2) is 13.8 Å². The Morgan fingerprint density at radius 1 is 1.15 bits per heavy atom. The van der Waals surface area contributed by atoms with Crippen LogP contribution in [0.1, 0.15) is 5.69 Å². The maximum atomic E-state index is 13.9. The van der Waals surface area contributed by atoms with E-state index in [1.165, 1.54) is 10.6 Å². The summed E-state index contributed by atoms with van der Waals surface area (Å²) in [5.74, 6) is -1.66. The van der Waals surface area contributed by atoms with Gasteiger partial charge in [0.05, 0.1) is 5.52 Å². The van der Waals surface area contributed by atoms with Crippen molar-refractivity contribution in [3.8, 4) is 0 Å². The number of halogens is 2. The first-order valence-electron chi connectivity index (χ1n) is 6.16. The van der Waals surface area contributed by atoms with Crippen molar-refractivity contribution >= 4 is 17.0 Å². The van der Waals surface area contributed by atoms with Crippen molar-refractivity contribution in [2.75, 3.05) is 5.73 Å². The molecule has 2 aromatic heterocycles. The molecule has 0 spiro atoms. The smallest absolute Gasteiger partial charge is 0.201 e.